The summed E-state index contributed by atoms with van der Waals surface area (Å²) in [6, 6.07) is 0. The second-order valence-electron chi connectivity index (χ2n) is 8.14. The van der Waals surface area contributed by atoms with Crippen LogP contribution in [-0.4, -0.2) is 86.6 Å². The van der Waals surface area contributed by atoms with Gasteiger partial charge in [-0.3, -0.25) is 4.79 Å². The van der Waals surface area contributed by atoms with Crippen molar-refractivity contribution in [1.29, 1.82) is 0 Å². The lowest BCUT2D eigenvalue weighted by atomic mass is 9.57. The largest absolute Gasteiger partial charge is 0.356 e. The van der Waals surface area contributed by atoms with Crippen molar-refractivity contribution in [1.82, 2.24) is 20.0 Å². The Morgan fingerprint density at radius 3 is 2.39 bits per heavy atom. The minimum absolute atomic E-state index is 0.199. The quantitative estimate of drug-likeness (QED) is 0.755. The van der Waals surface area contributed by atoms with E-state index in [4.69, 9.17) is 0 Å². The van der Waals surface area contributed by atoms with E-state index in [1.807, 2.05) is 6.92 Å². The normalized spacial score (nSPS) is 26.0. The average Bonchev–Trinajstić information content (AvgIpc) is 2.48. The van der Waals surface area contributed by atoms with E-state index in [1.165, 1.54) is 71.6 Å². The highest BCUT2D eigenvalue weighted by atomic mass is 16.1. The summed E-state index contributed by atoms with van der Waals surface area (Å²) in [6.07, 6.45) is 4.58. The van der Waals surface area contributed by atoms with Crippen molar-refractivity contribution >= 4 is 5.91 Å². The molecule has 1 spiro atoms. The highest BCUT2D eigenvalue weighted by Crippen LogP contribution is 2.51. The lowest BCUT2D eigenvalue weighted by Crippen LogP contribution is -2.63. The van der Waals surface area contributed by atoms with Crippen molar-refractivity contribution < 1.29 is 4.79 Å². The maximum absolute atomic E-state index is 11.3. The Kier molecular flexibility index (Phi) is 5.60. The number of hydrogen-bond acceptors (Lipinski definition) is 4. The fourth-order valence-electron chi connectivity index (χ4n) is 4.60. The van der Waals surface area contributed by atoms with Crippen LogP contribution in [0, 0.1) is 11.3 Å². The van der Waals surface area contributed by atoms with Crippen LogP contribution in [0.25, 0.3) is 0 Å². The van der Waals surface area contributed by atoms with E-state index in [9.17, 15) is 4.79 Å². The smallest absolute Gasteiger partial charge is 0.219 e. The number of carbonyl (C=O) groups excluding carboxylic acids is 1. The van der Waals surface area contributed by atoms with Gasteiger partial charge in [-0.2, -0.15) is 0 Å². The van der Waals surface area contributed by atoms with Crippen LogP contribution in [0.2, 0.25) is 0 Å². The molecule has 1 amide bonds. The van der Waals surface area contributed by atoms with Crippen molar-refractivity contribution in [2.75, 3.05) is 66.0 Å². The second-order valence-corrected chi connectivity index (χ2v) is 8.14. The van der Waals surface area contributed by atoms with Gasteiger partial charge in [-0.25, -0.2) is 0 Å². The molecule has 132 valence electrons. The van der Waals surface area contributed by atoms with E-state index < -0.39 is 0 Å². The summed E-state index contributed by atoms with van der Waals surface area (Å²) < 4.78 is 0. The van der Waals surface area contributed by atoms with Gasteiger partial charge in [0.1, 0.15) is 0 Å². The molecule has 2 aliphatic heterocycles. The zero-order valence-electron chi connectivity index (χ0n) is 15.0. The molecule has 0 aromatic heterocycles. The van der Waals surface area contributed by atoms with Gasteiger partial charge in [0.25, 0.3) is 0 Å². The first-order valence-electron chi connectivity index (χ1n) is 9.48. The Bertz CT molecular complexity index is 392. The van der Waals surface area contributed by atoms with Gasteiger partial charge in [-0.15, -0.1) is 0 Å². The molecule has 5 nitrogen and oxygen atoms in total. The molecule has 3 fully saturated rings. The third-order valence-corrected chi connectivity index (χ3v) is 6.02. The van der Waals surface area contributed by atoms with E-state index in [0.29, 0.717) is 11.8 Å². The van der Waals surface area contributed by atoms with Gasteiger partial charge >= 0.3 is 0 Å². The average molecular weight is 322 g/mol. The van der Waals surface area contributed by atoms with Crippen LogP contribution in [0.1, 0.15) is 32.6 Å². The molecule has 0 unspecified atom stereocenters. The molecular weight excluding hydrogens is 288 g/mol. The van der Waals surface area contributed by atoms with Crippen LogP contribution in [0.4, 0.5) is 0 Å². The number of piperazine rings is 1. The molecule has 0 atom stereocenters. The molecule has 0 radical (unpaired) electrons. The Hall–Kier alpha value is -0.650. The maximum atomic E-state index is 11.3. The van der Waals surface area contributed by atoms with Crippen LogP contribution in [-0.2, 0) is 4.79 Å². The fraction of sp³-hybridized carbons (Fsp3) is 0.944. The number of amides is 1. The standard InChI is InChI=1S/C18H34N4O/c1-3-17(23)19-13-16-11-18(12-16)14-22(15-18)6-4-5-21-9-7-20(2)8-10-21/h16H,3-15H2,1-2H3,(H,19,23). The van der Waals surface area contributed by atoms with E-state index >= 15 is 0 Å². The third kappa shape index (κ3) is 4.46. The van der Waals surface area contributed by atoms with Crippen molar-refractivity contribution in [2.24, 2.45) is 11.3 Å². The number of likely N-dealkylation sites (tertiary alicyclic amines) is 1. The summed E-state index contributed by atoms with van der Waals surface area (Å²) in [5, 5.41) is 3.04. The molecule has 0 aromatic carbocycles. The summed E-state index contributed by atoms with van der Waals surface area (Å²) in [6.45, 7) is 12.9. The molecule has 2 saturated heterocycles. The Balaban J connectivity index is 1.22. The molecule has 1 N–H and O–H groups in total. The molecule has 5 heteroatoms. The molecule has 23 heavy (non-hydrogen) atoms. The number of nitrogens with one attached hydrogen (secondary N) is 1. The number of rotatable bonds is 7. The molecule has 3 aliphatic rings. The van der Waals surface area contributed by atoms with Crippen LogP contribution in [0.3, 0.4) is 0 Å². The van der Waals surface area contributed by atoms with Crippen molar-refractivity contribution in [3.05, 3.63) is 0 Å². The van der Waals surface area contributed by atoms with E-state index in [-0.39, 0.29) is 5.91 Å². The zero-order chi connectivity index (χ0) is 16.3. The number of carbonyl (C=O) groups is 1. The highest BCUT2D eigenvalue weighted by molar-refractivity contribution is 5.75. The van der Waals surface area contributed by atoms with Crippen LogP contribution in [0.5, 0.6) is 0 Å². The highest BCUT2D eigenvalue weighted by Gasteiger charge is 2.51. The van der Waals surface area contributed by atoms with Gasteiger partial charge in [0.2, 0.25) is 5.91 Å². The Morgan fingerprint density at radius 1 is 1.09 bits per heavy atom. The van der Waals surface area contributed by atoms with Gasteiger partial charge < -0.3 is 20.0 Å². The Morgan fingerprint density at radius 2 is 1.74 bits per heavy atom. The predicted octanol–water partition coefficient (Wildman–Crippen LogP) is 0.862. The van der Waals surface area contributed by atoms with E-state index in [1.54, 1.807) is 0 Å². The predicted molar refractivity (Wildman–Crippen MR) is 93.5 cm³/mol. The lowest BCUT2D eigenvalue weighted by Gasteiger charge is -2.59. The van der Waals surface area contributed by atoms with Crippen LogP contribution >= 0.6 is 0 Å². The molecule has 1 saturated carbocycles. The monoisotopic (exact) mass is 322 g/mol. The third-order valence-electron chi connectivity index (χ3n) is 6.02. The van der Waals surface area contributed by atoms with Gasteiger partial charge in [0, 0.05) is 52.2 Å². The van der Waals surface area contributed by atoms with Crippen molar-refractivity contribution in [3.63, 3.8) is 0 Å². The molecule has 0 bridgehead atoms. The minimum atomic E-state index is 0.199. The topological polar surface area (TPSA) is 38.8 Å². The van der Waals surface area contributed by atoms with Gasteiger partial charge in [-0.05, 0) is 50.7 Å². The SMILES string of the molecule is CCC(=O)NCC1CC2(C1)CN(CCCN1CCN(C)CC1)C2. The number of hydrogen-bond donors (Lipinski definition) is 1. The Labute approximate surface area is 141 Å². The summed E-state index contributed by atoms with van der Waals surface area (Å²) in [5.41, 5.74) is 0.620. The number of likely N-dealkylation sites (N-methyl/N-ethyl adjacent to an activating group) is 1. The molecule has 2 heterocycles. The maximum Gasteiger partial charge on any atom is 0.219 e. The molecule has 1 aliphatic carbocycles. The number of nitrogens with zero attached hydrogens (tertiary/aromatic N) is 3. The lowest BCUT2D eigenvalue weighted by molar-refractivity contribution is -0.123. The first-order chi connectivity index (χ1) is 11.1. The van der Waals surface area contributed by atoms with Gasteiger partial charge in [0.15, 0.2) is 0 Å². The fourth-order valence-corrected chi connectivity index (χ4v) is 4.60. The van der Waals surface area contributed by atoms with E-state index in [0.717, 1.165) is 12.5 Å². The van der Waals surface area contributed by atoms with Gasteiger partial charge in [0.05, 0.1) is 0 Å². The summed E-state index contributed by atoms with van der Waals surface area (Å²) in [7, 11) is 2.22. The van der Waals surface area contributed by atoms with Gasteiger partial charge in [-0.1, -0.05) is 6.92 Å². The van der Waals surface area contributed by atoms with Crippen LogP contribution in [0.15, 0.2) is 0 Å². The minimum Gasteiger partial charge on any atom is -0.356 e. The summed E-state index contributed by atoms with van der Waals surface area (Å²) in [5.74, 6) is 0.933. The molecular formula is C18H34N4O. The van der Waals surface area contributed by atoms with Crippen molar-refractivity contribution in [2.45, 2.75) is 32.6 Å². The zero-order valence-corrected chi connectivity index (χ0v) is 15.0. The first-order valence-corrected chi connectivity index (χ1v) is 9.48. The second kappa shape index (κ2) is 7.49. The van der Waals surface area contributed by atoms with E-state index in [2.05, 4.69) is 27.1 Å². The molecule has 0 aromatic rings. The first kappa shape index (κ1) is 17.2. The molecule has 3 rings (SSSR count). The summed E-state index contributed by atoms with van der Waals surface area (Å²) in [4.78, 5) is 19.0. The summed E-state index contributed by atoms with van der Waals surface area (Å²) >= 11 is 0. The van der Waals surface area contributed by atoms with Crippen LogP contribution < -0.4 is 5.32 Å². The van der Waals surface area contributed by atoms with Crippen molar-refractivity contribution in [3.8, 4) is 0 Å².